The molecule has 0 radical (unpaired) electrons. The molecule has 1 aromatic rings. The van der Waals surface area contributed by atoms with E-state index in [0.29, 0.717) is 35.4 Å². The second kappa shape index (κ2) is 6.34. The third-order valence-corrected chi connectivity index (χ3v) is 5.33. The average Bonchev–Trinajstić information content (AvgIpc) is 3.28. The Hall–Kier alpha value is -2.24. The molecule has 1 heterocycles. The Morgan fingerprint density at radius 3 is 2.83 bits per heavy atom. The van der Waals surface area contributed by atoms with Crippen molar-refractivity contribution >= 4 is 17.6 Å². The van der Waals surface area contributed by atoms with Gasteiger partial charge in [0.25, 0.3) is 5.91 Å². The highest BCUT2D eigenvalue weighted by atomic mass is 16.7. The first-order valence-electron chi connectivity index (χ1n) is 8.52. The van der Waals surface area contributed by atoms with Crippen LogP contribution in [0.1, 0.15) is 32.1 Å². The van der Waals surface area contributed by atoms with Crippen LogP contribution in [0.25, 0.3) is 0 Å². The molecule has 2 saturated carbocycles. The van der Waals surface area contributed by atoms with Crippen LogP contribution in [-0.2, 0) is 14.3 Å². The van der Waals surface area contributed by atoms with E-state index < -0.39 is 0 Å². The average molecular weight is 331 g/mol. The summed E-state index contributed by atoms with van der Waals surface area (Å²) in [6.45, 7) is -0.0680. The molecule has 3 atom stereocenters. The largest absolute Gasteiger partial charge is 0.456 e. The molecule has 128 valence electrons. The van der Waals surface area contributed by atoms with Crippen LogP contribution in [0, 0.1) is 17.8 Å². The Morgan fingerprint density at radius 2 is 2.04 bits per heavy atom. The molecule has 0 spiro atoms. The molecule has 4 rings (SSSR count). The van der Waals surface area contributed by atoms with Gasteiger partial charge in [0, 0.05) is 18.2 Å². The molecule has 1 N–H and O–H groups in total. The summed E-state index contributed by atoms with van der Waals surface area (Å²) in [5, 5.41) is 2.70. The predicted molar refractivity (Wildman–Crippen MR) is 85.7 cm³/mol. The number of ether oxygens (including phenoxy) is 3. The Balaban J connectivity index is 1.22. The summed E-state index contributed by atoms with van der Waals surface area (Å²) in [4.78, 5) is 23.9. The Labute approximate surface area is 140 Å². The van der Waals surface area contributed by atoms with Crippen LogP contribution in [0.5, 0.6) is 11.5 Å². The number of rotatable bonds is 5. The molecule has 1 amide bonds. The minimum absolute atomic E-state index is 0.188. The number of anilines is 1. The third-order valence-electron chi connectivity index (χ3n) is 5.33. The van der Waals surface area contributed by atoms with Gasteiger partial charge in [-0.25, -0.2) is 0 Å². The smallest absolute Gasteiger partial charge is 0.306 e. The highest BCUT2D eigenvalue weighted by molar-refractivity contribution is 5.93. The van der Waals surface area contributed by atoms with E-state index >= 15 is 0 Å². The molecule has 1 aromatic carbocycles. The fraction of sp³-hybridized carbons (Fsp3) is 0.556. The van der Waals surface area contributed by atoms with E-state index in [-0.39, 0.29) is 25.3 Å². The number of benzene rings is 1. The maximum atomic E-state index is 11.9. The number of hydrogen-bond donors (Lipinski definition) is 1. The summed E-state index contributed by atoms with van der Waals surface area (Å²) in [6, 6.07) is 5.15. The van der Waals surface area contributed by atoms with Crippen molar-refractivity contribution < 1.29 is 23.8 Å². The minimum Gasteiger partial charge on any atom is -0.456 e. The Kier molecular flexibility index (Phi) is 4.04. The maximum absolute atomic E-state index is 11.9. The molecule has 2 aliphatic carbocycles. The summed E-state index contributed by atoms with van der Waals surface area (Å²) >= 11 is 0. The summed E-state index contributed by atoms with van der Waals surface area (Å²) in [7, 11) is 0. The minimum atomic E-state index is -0.352. The zero-order valence-electron chi connectivity index (χ0n) is 13.5. The van der Waals surface area contributed by atoms with E-state index in [4.69, 9.17) is 14.2 Å². The summed E-state index contributed by atoms with van der Waals surface area (Å²) in [5.41, 5.74) is 0.591. The first-order valence-corrected chi connectivity index (χ1v) is 8.52. The van der Waals surface area contributed by atoms with Gasteiger partial charge >= 0.3 is 5.97 Å². The van der Waals surface area contributed by atoms with Crippen LogP contribution in [0.2, 0.25) is 0 Å². The number of nitrogens with one attached hydrogen (secondary N) is 1. The number of carbonyl (C=O) groups excluding carboxylic acids is 2. The number of fused-ring (bicyclic) bond motifs is 3. The monoisotopic (exact) mass is 331 g/mol. The molecule has 6 heteroatoms. The highest BCUT2D eigenvalue weighted by Gasteiger charge is 2.40. The van der Waals surface area contributed by atoms with Gasteiger partial charge in [-0.05, 0) is 49.1 Å². The second-order valence-electron chi connectivity index (χ2n) is 6.92. The fourth-order valence-corrected chi connectivity index (χ4v) is 4.22. The lowest BCUT2D eigenvalue weighted by molar-refractivity contribution is -0.148. The van der Waals surface area contributed by atoms with Gasteiger partial charge in [0.2, 0.25) is 6.79 Å². The Morgan fingerprint density at radius 1 is 1.17 bits per heavy atom. The van der Waals surface area contributed by atoms with Crippen molar-refractivity contribution in [2.75, 3.05) is 18.7 Å². The van der Waals surface area contributed by atoms with E-state index in [1.807, 2.05) is 0 Å². The first-order chi connectivity index (χ1) is 11.7. The van der Waals surface area contributed by atoms with E-state index in [1.54, 1.807) is 18.2 Å². The molecule has 1 aliphatic heterocycles. The van der Waals surface area contributed by atoms with Gasteiger partial charge in [-0.2, -0.15) is 0 Å². The lowest BCUT2D eigenvalue weighted by atomic mass is 9.86. The van der Waals surface area contributed by atoms with Crippen molar-refractivity contribution in [1.29, 1.82) is 0 Å². The van der Waals surface area contributed by atoms with Crippen LogP contribution < -0.4 is 14.8 Å². The fourth-order valence-electron chi connectivity index (χ4n) is 4.22. The molecule has 3 aliphatic rings. The van der Waals surface area contributed by atoms with Crippen molar-refractivity contribution in [3.63, 3.8) is 0 Å². The summed E-state index contributed by atoms with van der Waals surface area (Å²) < 4.78 is 15.6. The number of carbonyl (C=O) groups is 2. The van der Waals surface area contributed by atoms with Crippen LogP contribution in [-0.4, -0.2) is 25.3 Å². The van der Waals surface area contributed by atoms with Crippen LogP contribution in [0.15, 0.2) is 18.2 Å². The number of esters is 1. The lowest BCUT2D eigenvalue weighted by Gasteiger charge is -2.20. The zero-order chi connectivity index (χ0) is 16.5. The quantitative estimate of drug-likeness (QED) is 0.840. The van der Waals surface area contributed by atoms with E-state index in [2.05, 4.69) is 5.32 Å². The van der Waals surface area contributed by atoms with Gasteiger partial charge in [-0.3, -0.25) is 9.59 Å². The van der Waals surface area contributed by atoms with Gasteiger partial charge in [0.15, 0.2) is 18.1 Å². The molecule has 24 heavy (non-hydrogen) atoms. The number of hydrogen-bond acceptors (Lipinski definition) is 5. The SMILES string of the molecule is O=C(COC(=O)C[C@@H]1C[C@H]2CC[C@@H]1C2)Nc1ccc2c(c1)OCO2. The van der Waals surface area contributed by atoms with Gasteiger partial charge in [-0.1, -0.05) is 6.42 Å². The van der Waals surface area contributed by atoms with Crippen LogP contribution in [0.3, 0.4) is 0 Å². The molecule has 0 unspecified atom stereocenters. The Bertz CT molecular complexity index is 659. The van der Waals surface area contributed by atoms with Crippen LogP contribution >= 0.6 is 0 Å². The standard InChI is InChI=1S/C18H21NO5/c20-17(19-14-3-4-15-16(8-14)24-10-23-15)9-22-18(21)7-13-6-11-1-2-12(13)5-11/h3-4,8,11-13H,1-2,5-7,9-10H2,(H,19,20)/t11-,12+,13-/m0/s1. The molecule has 2 fully saturated rings. The maximum Gasteiger partial charge on any atom is 0.306 e. The van der Waals surface area contributed by atoms with Crippen molar-refractivity contribution in [2.45, 2.75) is 32.1 Å². The zero-order valence-corrected chi connectivity index (χ0v) is 13.5. The van der Waals surface area contributed by atoms with Gasteiger partial charge in [0.05, 0.1) is 0 Å². The van der Waals surface area contributed by atoms with E-state index in [0.717, 1.165) is 12.3 Å². The van der Waals surface area contributed by atoms with Crippen molar-refractivity contribution in [2.24, 2.45) is 17.8 Å². The molecule has 0 saturated heterocycles. The first kappa shape index (κ1) is 15.3. The molecule has 6 nitrogen and oxygen atoms in total. The third kappa shape index (κ3) is 3.18. The lowest BCUT2D eigenvalue weighted by Crippen LogP contribution is -2.23. The van der Waals surface area contributed by atoms with Crippen molar-refractivity contribution in [1.82, 2.24) is 0 Å². The second-order valence-corrected chi connectivity index (χ2v) is 6.92. The summed E-state index contributed by atoms with van der Waals surface area (Å²) in [5.74, 6) is 2.58. The predicted octanol–water partition coefficient (Wildman–Crippen LogP) is 2.72. The van der Waals surface area contributed by atoms with Crippen molar-refractivity contribution in [3.8, 4) is 11.5 Å². The van der Waals surface area contributed by atoms with Gasteiger partial charge in [0.1, 0.15) is 0 Å². The normalized spacial score (nSPS) is 26.4. The topological polar surface area (TPSA) is 73.9 Å². The van der Waals surface area contributed by atoms with E-state index in [1.165, 1.54) is 19.3 Å². The summed E-state index contributed by atoms with van der Waals surface area (Å²) in [6.07, 6.45) is 5.41. The molecule has 0 aromatic heterocycles. The van der Waals surface area contributed by atoms with E-state index in [9.17, 15) is 9.59 Å². The van der Waals surface area contributed by atoms with Crippen LogP contribution in [0.4, 0.5) is 5.69 Å². The molecular weight excluding hydrogens is 310 g/mol. The number of amides is 1. The van der Waals surface area contributed by atoms with Crippen molar-refractivity contribution in [3.05, 3.63) is 18.2 Å². The van der Waals surface area contributed by atoms with Gasteiger partial charge in [-0.15, -0.1) is 0 Å². The molecule has 2 bridgehead atoms. The highest BCUT2D eigenvalue weighted by Crippen LogP contribution is 2.49. The molecular formula is C18H21NO5. The van der Waals surface area contributed by atoms with Gasteiger partial charge < -0.3 is 19.5 Å².